The molecule has 12 heteroatoms. The van der Waals surface area contributed by atoms with Crippen LogP contribution in [0.2, 0.25) is 0 Å². The van der Waals surface area contributed by atoms with Gasteiger partial charge in [0.15, 0.2) is 17.3 Å². The first-order chi connectivity index (χ1) is 22.5. The van der Waals surface area contributed by atoms with Crippen molar-refractivity contribution in [3.05, 3.63) is 24.3 Å². The van der Waals surface area contributed by atoms with Crippen LogP contribution in [0.4, 0.5) is 8.78 Å². The number of fused-ring (bicyclic) bond motifs is 1. The number of Topliss-reactive ketones (excluding diaryl/α,β-unsaturated/α-hetero) is 4. The van der Waals surface area contributed by atoms with Gasteiger partial charge in [-0.2, -0.15) is 0 Å². The number of hydrogen-bond donors (Lipinski definition) is 1. The highest BCUT2D eigenvalue weighted by atomic mass is 19.3. The van der Waals surface area contributed by atoms with Crippen LogP contribution in [0.1, 0.15) is 110 Å². The Morgan fingerprint density at radius 2 is 1.69 bits per heavy atom. The Balaban J connectivity index is 1.86. The van der Waals surface area contributed by atoms with Crippen LogP contribution in [0.5, 0.6) is 0 Å². The molecule has 2 heterocycles. The molecule has 1 saturated heterocycles. The topological polar surface area (TPSA) is 143 Å². The van der Waals surface area contributed by atoms with Crippen molar-refractivity contribution in [1.29, 1.82) is 0 Å². The Bertz CT molecular complexity index is 1330. The molecule has 1 N–H and O–H groups in total. The molecule has 1 aromatic rings. The van der Waals surface area contributed by atoms with Crippen LogP contribution < -0.4 is 5.32 Å². The van der Waals surface area contributed by atoms with E-state index in [-0.39, 0.29) is 54.5 Å². The highest BCUT2D eigenvalue weighted by molar-refractivity contribution is 6.38. The molecule has 1 saturated carbocycles. The number of carbonyl (C=O) groups is 6. The van der Waals surface area contributed by atoms with E-state index in [0.717, 1.165) is 12.8 Å². The highest BCUT2D eigenvalue weighted by Gasteiger charge is 2.52. The minimum Gasteiger partial charge on any atom is -0.344 e. The van der Waals surface area contributed by atoms with Gasteiger partial charge in [0, 0.05) is 56.5 Å². The smallest absolute Gasteiger partial charge is 0.246 e. The van der Waals surface area contributed by atoms with Crippen molar-refractivity contribution >= 4 is 34.9 Å². The number of rotatable bonds is 17. The maximum Gasteiger partial charge on any atom is 0.246 e. The SMILES string of the molecule is CC[C@H](C)CC(=O)C(=O)C(CC(=O)[C@@H]1[C@H]2CCCC2CN1C(=O)[C@@H](NC(=O)[C@H](CC(=O)c1cnccn1)C(C)C)C(C)(C)C)CC(F)F. The van der Waals surface area contributed by atoms with E-state index >= 15 is 0 Å². The molecule has 1 aromatic heterocycles. The second-order valence-electron chi connectivity index (χ2n) is 15.2. The second kappa shape index (κ2) is 16.8. The lowest BCUT2D eigenvalue weighted by atomic mass is 9.82. The normalized spacial score (nSPS) is 21.8. The predicted molar refractivity (Wildman–Crippen MR) is 175 cm³/mol. The Labute approximate surface area is 282 Å². The summed E-state index contributed by atoms with van der Waals surface area (Å²) in [6.45, 7) is 12.9. The summed E-state index contributed by atoms with van der Waals surface area (Å²) in [6, 6.07) is -2.02. The molecule has 3 rings (SSSR count). The molecule has 1 aliphatic heterocycles. The molecule has 0 bridgehead atoms. The molecule has 0 spiro atoms. The number of amides is 2. The fourth-order valence-electron chi connectivity index (χ4n) is 7.04. The molecule has 48 heavy (non-hydrogen) atoms. The van der Waals surface area contributed by atoms with Gasteiger partial charge in [-0.05, 0) is 41.9 Å². The van der Waals surface area contributed by atoms with E-state index in [0.29, 0.717) is 12.8 Å². The summed E-state index contributed by atoms with van der Waals surface area (Å²) in [5.74, 6) is -6.34. The number of nitrogens with zero attached hydrogens (tertiary/aromatic N) is 3. The fourth-order valence-corrected chi connectivity index (χ4v) is 7.04. The second-order valence-corrected chi connectivity index (χ2v) is 15.2. The van der Waals surface area contributed by atoms with Crippen LogP contribution in [0.3, 0.4) is 0 Å². The lowest BCUT2D eigenvalue weighted by Crippen LogP contribution is -2.58. The minimum absolute atomic E-state index is 0.0171. The number of aromatic nitrogens is 2. The summed E-state index contributed by atoms with van der Waals surface area (Å²) in [6.07, 6.45) is 2.55. The van der Waals surface area contributed by atoms with Crippen LogP contribution >= 0.6 is 0 Å². The van der Waals surface area contributed by atoms with Crippen LogP contribution in [0, 0.1) is 40.9 Å². The largest absolute Gasteiger partial charge is 0.344 e. The zero-order valence-corrected chi connectivity index (χ0v) is 29.3. The van der Waals surface area contributed by atoms with E-state index in [1.165, 1.54) is 23.5 Å². The zero-order valence-electron chi connectivity index (χ0n) is 29.3. The third-order valence-corrected chi connectivity index (χ3v) is 10.1. The standard InChI is InChI=1S/C36H52F2N4O6/c1-8-21(4)14-29(45)32(46)23(16-30(37)38)15-28(44)31-24-11-9-10-22(24)19-42(31)35(48)33(36(5,6)7)41-34(47)25(20(2)3)17-27(43)26-18-39-12-13-40-26/h12-13,18,20-25,30-31,33H,8-11,14-17,19H2,1-7H3,(H,41,47)/t21-,22?,23?,24-,25+,31-,33+/m0/s1. The van der Waals surface area contributed by atoms with Crippen LogP contribution in [-0.4, -0.2) is 74.9 Å². The van der Waals surface area contributed by atoms with Gasteiger partial charge in [0.1, 0.15) is 11.7 Å². The quantitative estimate of drug-likeness (QED) is 0.174. The number of halogens is 2. The van der Waals surface area contributed by atoms with E-state index in [1.807, 2.05) is 20.8 Å². The monoisotopic (exact) mass is 674 g/mol. The molecule has 1 aliphatic carbocycles. The van der Waals surface area contributed by atoms with Crippen molar-refractivity contribution in [3.63, 3.8) is 0 Å². The highest BCUT2D eigenvalue weighted by Crippen LogP contribution is 2.44. The lowest BCUT2D eigenvalue weighted by Gasteiger charge is -2.37. The average Bonchev–Trinajstić information content (AvgIpc) is 3.62. The summed E-state index contributed by atoms with van der Waals surface area (Å²) in [5, 5.41) is 2.89. The van der Waals surface area contributed by atoms with E-state index in [9.17, 15) is 37.5 Å². The molecule has 2 fully saturated rings. The molecular formula is C36H52F2N4O6. The van der Waals surface area contributed by atoms with E-state index < -0.39 is 77.8 Å². The van der Waals surface area contributed by atoms with Crippen molar-refractivity contribution in [2.75, 3.05) is 6.54 Å². The van der Waals surface area contributed by atoms with Crippen molar-refractivity contribution < 1.29 is 37.5 Å². The van der Waals surface area contributed by atoms with Crippen LogP contribution in [0.15, 0.2) is 18.6 Å². The Hall–Kier alpha value is -3.44. The number of carbonyl (C=O) groups excluding carboxylic acids is 6. The predicted octanol–water partition coefficient (Wildman–Crippen LogP) is 5.28. The van der Waals surface area contributed by atoms with E-state index in [1.54, 1.807) is 27.7 Å². The number of hydrogen-bond acceptors (Lipinski definition) is 8. The average molecular weight is 675 g/mol. The van der Waals surface area contributed by atoms with Crippen molar-refractivity contribution in [2.24, 2.45) is 40.9 Å². The lowest BCUT2D eigenvalue weighted by molar-refractivity contribution is -0.146. The van der Waals surface area contributed by atoms with E-state index in [4.69, 9.17) is 0 Å². The van der Waals surface area contributed by atoms with Gasteiger partial charge in [0.2, 0.25) is 24.0 Å². The van der Waals surface area contributed by atoms with Gasteiger partial charge in [-0.25, -0.2) is 13.8 Å². The minimum atomic E-state index is -2.89. The molecule has 0 radical (unpaired) electrons. The fraction of sp³-hybridized carbons (Fsp3) is 0.722. The molecule has 266 valence electrons. The number of nitrogens with one attached hydrogen (secondary N) is 1. The van der Waals surface area contributed by atoms with Crippen molar-refractivity contribution in [2.45, 2.75) is 118 Å². The van der Waals surface area contributed by atoms with Crippen LogP contribution in [0.25, 0.3) is 0 Å². The Kier molecular flexibility index (Phi) is 13.6. The first kappa shape index (κ1) is 39.0. The summed E-state index contributed by atoms with van der Waals surface area (Å²) in [5.41, 5.74) is -0.667. The Morgan fingerprint density at radius 3 is 2.25 bits per heavy atom. The maximum absolute atomic E-state index is 14.4. The number of likely N-dealkylation sites (tertiary alicyclic amines) is 1. The molecule has 7 atom stereocenters. The van der Waals surface area contributed by atoms with Crippen LogP contribution in [-0.2, 0) is 24.0 Å². The van der Waals surface area contributed by atoms with Gasteiger partial charge in [-0.1, -0.05) is 61.3 Å². The Morgan fingerprint density at radius 1 is 1.00 bits per heavy atom. The molecule has 2 unspecified atom stereocenters. The van der Waals surface area contributed by atoms with Crippen molar-refractivity contribution in [3.8, 4) is 0 Å². The molecule has 2 aliphatic rings. The molecule has 10 nitrogen and oxygen atoms in total. The van der Waals surface area contributed by atoms with Gasteiger partial charge < -0.3 is 10.2 Å². The molecular weight excluding hydrogens is 622 g/mol. The number of ketones is 4. The van der Waals surface area contributed by atoms with Gasteiger partial charge in [0.25, 0.3) is 0 Å². The zero-order chi connectivity index (χ0) is 35.9. The van der Waals surface area contributed by atoms with Gasteiger partial charge in [-0.15, -0.1) is 0 Å². The molecule has 0 aromatic carbocycles. The summed E-state index contributed by atoms with van der Waals surface area (Å²) in [4.78, 5) is 90.3. The first-order valence-electron chi connectivity index (χ1n) is 17.2. The third kappa shape index (κ3) is 9.81. The van der Waals surface area contributed by atoms with Gasteiger partial charge in [0.05, 0.1) is 12.2 Å². The summed E-state index contributed by atoms with van der Waals surface area (Å²) >= 11 is 0. The van der Waals surface area contributed by atoms with Gasteiger partial charge in [-0.3, -0.25) is 33.8 Å². The summed E-state index contributed by atoms with van der Waals surface area (Å²) in [7, 11) is 0. The van der Waals surface area contributed by atoms with E-state index in [2.05, 4.69) is 15.3 Å². The number of alkyl halides is 2. The van der Waals surface area contributed by atoms with Gasteiger partial charge >= 0.3 is 0 Å². The summed E-state index contributed by atoms with van der Waals surface area (Å²) < 4.78 is 27.3. The molecule has 2 amide bonds. The third-order valence-electron chi connectivity index (χ3n) is 10.1. The first-order valence-corrected chi connectivity index (χ1v) is 17.2. The maximum atomic E-state index is 14.4. The van der Waals surface area contributed by atoms with Crippen molar-refractivity contribution in [1.82, 2.24) is 20.2 Å².